The van der Waals surface area contributed by atoms with Crippen LogP contribution in [0.25, 0.3) is 0 Å². The molecule has 10 heteroatoms. The van der Waals surface area contributed by atoms with E-state index in [1.165, 1.54) is 180 Å². The zero-order chi connectivity index (χ0) is 53.6. The summed E-state index contributed by atoms with van der Waals surface area (Å²) >= 11 is 0. The van der Waals surface area contributed by atoms with Gasteiger partial charge in [-0.2, -0.15) is 0 Å². The molecule has 428 valence electrons. The van der Waals surface area contributed by atoms with Gasteiger partial charge in [-0.1, -0.05) is 237 Å². The normalized spacial score (nSPS) is 14.0. The fourth-order valence-electron chi connectivity index (χ4n) is 8.91. The smallest absolute Gasteiger partial charge is 0.456 e. The molecule has 0 aromatic carbocycles. The molecular formula is C63H120N2O7P+. The summed E-state index contributed by atoms with van der Waals surface area (Å²) in [6.45, 7) is 6.99. The third kappa shape index (κ3) is 54.6. The first kappa shape index (κ1) is 71.0. The minimum absolute atomic E-state index is 0.0377. The van der Waals surface area contributed by atoms with Crippen molar-refractivity contribution in [1.29, 1.82) is 0 Å². The first-order chi connectivity index (χ1) is 35.4. The zero-order valence-corrected chi connectivity index (χ0v) is 49.8. The van der Waals surface area contributed by atoms with E-state index in [4.69, 9.17) is 13.8 Å². The van der Waals surface area contributed by atoms with Crippen LogP contribution in [-0.2, 0) is 27.9 Å². The molecule has 73 heavy (non-hydrogen) atoms. The van der Waals surface area contributed by atoms with Gasteiger partial charge in [0.05, 0.1) is 33.8 Å². The molecule has 2 N–H and O–H groups in total. The summed E-state index contributed by atoms with van der Waals surface area (Å²) < 4.78 is 30.7. The number of rotatable bonds is 56. The van der Waals surface area contributed by atoms with E-state index in [1.807, 2.05) is 33.3 Å². The third-order valence-electron chi connectivity index (χ3n) is 13.7. The molecule has 0 rings (SSSR count). The Bertz CT molecular complexity index is 1390. The van der Waals surface area contributed by atoms with Crippen molar-refractivity contribution in [3.8, 4) is 0 Å². The molecule has 1 amide bonds. The average molecular weight is 1050 g/mol. The maximum Gasteiger partial charge on any atom is 0.472 e. The molecular weight excluding hydrogens is 928 g/mol. The van der Waals surface area contributed by atoms with Gasteiger partial charge in [0.1, 0.15) is 19.3 Å². The highest BCUT2D eigenvalue weighted by atomic mass is 31.2. The highest BCUT2D eigenvalue weighted by Crippen LogP contribution is 2.43. The van der Waals surface area contributed by atoms with Gasteiger partial charge in [0.25, 0.3) is 0 Å². The second-order valence-electron chi connectivity index (χ2n) is 22.2. The number of amides is 1. The molecule has 3 unspecified atom stereocenters. The molecule has 0 aromatic rings. The van der Waals surface area contributed by atoms with Gasteiger partial charge in [-0.15, -0.1) is 0 Å². The molecule has 3 atom stereocenters. The SMILES string of the molecule is CCCCC/C=C\C/C=C\CCCCCCCCCCCCCC(=O)OC(/C=C\CCCCCCCCCCCC)C(COP(=O)(O)OCC[N+](C)(C)C)NC(=O)CCCCC/C=C\CCCCCCCCC. The van der Waals surface area contributed by atoms with Crippen molar-refractivity contribution in [2.45, 2.75) is 303 Å². The highest BCUT2D eigenvalue weighted by Gasteiger charge is 2.30. The largest absolute Gasteiger partial charge is 0.472 e. The molecule has 0 bridgehead atoms. The topological polar surface area (TPSA) is 111 Å². The number of quaternary nitrogens is 1. The van der Waals surface area contributed by atoms with Gasteiger partial charge in [0, 0.05) is 12.8 Å². The molecule has 9 nitrogen and oxygen atoms in total. The second kappa shape index (κ2) is 53.4. The lowest BCUT2D eigenvalue weighted by Crippen LogP contribution is -2.47. The van der Waals surface area contributed by atoms with Gasteiger partial charge < -0.3 is 19.4 Å². The maximum absolute atomic E-state index is 13.5. The summed E-state index contributed by atoms with van der Waals surface area (Å²) in [5.74, 6) is -0.518. The van der Waals surface area contributed by atoms with Gasteiger partial charge >= 0.3 is 13.8 Å². The average Bonchev–Trinajstić information content (AvgIpc) is 3.35. The number of unbranched alkanes of at least 4 members (excludes halogenated alkanes) is 34. The highest BCUT2D eigenvalue weighted by molar-refractivity contribution is 7.47. The Morgan fingerprint density at radius 2 is 0.836 bits per heavy atom. The number of nitrogens with zero attached hydrogens (tertiary/aromatic N) is 1. The van der Waals surface area contributed by atoms with Crippen LogP contribution in [0.5, 0.6) is 0 Å². The van der Waals surface area contributed by atoms with Crippen molar-refractivity contribution >= 4 is 19.7 Å². The monoisotopic (exact) mass is 1050 g/mol. The quantitative estimate of drug-likeness (QED) is 0.0205. The molecule has 0 saturated heterocycles. The molecule has 0 aliphatic heterocycles. The number of esters is 1. The number of likely N-dealkylation sites (N-methyl/N-ethyl adjacent to an activating group) is 1. The van der Waals surface area contributed by atoms with Gasteiger partial charge in [0.2, 0.25) is 5.91 Å². The standard InChI is InChI=1S/C63H119N2O7P/c1-7-10-13-16-19-22-25-28-30-31-32-33-34-35-36-38-41-44-47-50-53-56-63(67)72-61(54-51-48-45-42-39-27-24-21-18-15-12-9-3)60(59-71-73(68,69)70-58-57-65(4,5)6)64-62(66)55-52-49-46-43-40-37-29-26-23-20-17-14-11-8-2/h19,22,28,30,37,40,51,54,60-61H,7-18,20-21,23-27,29,31-36,38-39,41-50,52-53,55-59H2,1-6H3,(H-,64,66,68,69)/p+1/b22-19-,30-28-,40-37-,54-51-. The Balaban J connectivity index is 5.23. The fourth-order valence-corrected chi connectivity index (χ4v) is 9.64. The van der Waals surface area contributed by atoms with E-state index in [-0.39, 0.29) is 31.5 Å². The van der Waals surface area contributed by atoms with E-state index < -0.39 is 20.0 Å². The molecule has 0 radical (unpaired) electrons. The Morgan fingerprint density at radius 3 is 1.29 bits per heavy atom. The number of ether oxygens (including phenoxy) is 1. The maximum atomic E-state index is 13.5. The lowest BCUT2D eigenvalue weighted by molar-refractivity contribution is -0.870. The van der Waals surface area contributed by atoms with Crippen LogP contribution in [0.2, 0.25) is 0 Å². The van der Waals surface area contributed by atoms with Crippen LogP contribution in [0.3, 0.4) is 0 Å². The molecule has 0 aromatic heterocycles. The molecule has 0 saturated carbocycles. The summed E-state index contributed by atoms with van der Waals surface area (Å²) in [6, 6.07) is -0.855. The van der Waals surface area contributed by atoms with Crippen molar-refractivity contribution in [2.75, 3.05) is 40.9 Å². The van der Waals surface area contributed by atoms with Gasteiger partial charge in [-0.3, -0.25) is 18.6 Å². The summed E-state index contributed by atoms with van der Waals surface area (Å²) in [4.78, 5) is 37.7. The van der Waals surface area contributed by atoms with Crippen LogP contribution in [0.1, 0.15) is 290 Å². The van der Waals surface area contributed by atoms with Gasteiger partial charge in [0.15, 0.2) is 0 Å². The van der Waals surface area contributed by atoms with Crippen molar-refractivity contribution in [3.63, 3.8) is 0 Å². The fraction of sp³-hybridized carbons (Fsp3) is 0.841. The van der Waals surface area contributed by atoms with Crippen molar-refractivity contribution in [1.82, 2.24) is 5.32 Å². The van der Waals surface area contributed by atoms with Crippen molar-refractivity contribution in [3.05, 3.63) is 48.6 Å². The molecule has 0 fully saturated rings. The van der Waals surface area contributed by atoms with E-state index >= 15 is 0 Å². The van der Waals surface area contributed by atoms with Crippen LogP contribution in [0.4, 0.5) is 0 Å². The number of carbonyl (C=O) groups excluding carboxylic acids is 2. The van der Waals surface area contributed by atoms with Crippen LogP contribution in [0.15, 0.2) is 48.6 Å². The Morgan fingerprint density at radius 1 is 0.479 bits per heavy atom. The molecule has 0 spiro atoms. The van der Waals surface area contributed by atoms with Crippen LogP contribution >= 0.6 is 7.82 Å². The van der Waals surface area contributed by atoms with Crippen molar-refractivity contribution < 1.29 is 37.3 Å². The molecule has 0 aliphatic rings. The summed E-state index contributed by atoms with van der Waals surface area (Å²) in [6.07, 6.45) is 65.3. The summed E-state index contributed by atoms with van der Waals surface area (Å²) in [5.41, 5.74) is 0. The van der Waals surface area contributed by atoms with Crippen LogP contribution in [0, 0.1) is 0 Å². The predicted molar refractivity (Wildman–Crippen MR) is 314 cm³/mol. The number of allylic oxidation sites excluding steroid dienone is 7. The minimum atomic E-state index is -4.45. The molecule has 0 aliphatic carbocycles. The molecule has 0 heterocycles. The van der Waals surface area contributed by atoms with E-state index in [0.717, 1.165) is 77.0 Å². The Kier molecular flexibility index (Phi) is 51.9. The summed E-state index contributed by atoms with van der Waals surface area (Å²) in [5, 5.41) is 3.05. The summed E-state index contributed by atoms with van der Waals surface area (Å²) in [7, 11) is 1.49. The van der Waals surface area contributed by atoms with Gasteiger partial charge in [-0.25, -0.2) is 4.57 Å². The van der Waals surface area contributed by atoms with Gasteiger partial charge in [-0.05, 0) is 89.5 Å². The number of phosphoric acid groups is 1. The zero-order valence-electron chi connectivity index (χ0n) is 48.9. The first-order valence-electron chi connectivity index (χ1n) is 31.0. The number of carbonyl (C=O) groups is 2. The van der Waals surface area contributed by atoms with Crippen LogP contribution in [-0.4, -0.2) is 74.3 Å². The van der Waals surface area contributed by atoms with E-state index in [0.29, 0.717) is 17.4 Å². The van der Waals surface area contributed by atoms with E-state index in [9.17, 15) is 19.0 Å². The Labute approximate surface area is 452 Å². The van der Waals surface area contributed by atoms with Crippen LogP contribution < -0.4 is 5.32 Å². The Hall–Kier alpha value is -2.03. The number of hydrogen-bond acceptors (Lipinski definition) is 6. The number of nitrogens with one attached hydrogen (secondary N) is 1. The number of phosphoric ester groups is 1. The number of hydrogen-bond donors (Lipinski definition) is 2. The van der Waals surface area contributed by atoms with E-state index in [1.54, 1.807) is 0 Å². The first-order valence-corrected chi connectivity index (χ1v) is 32.5. The lowest BCUT2D eigenvalue weighted by Gasteiger charge is -2.27. The van der Waals surface area contributed by atoms with Crippen molar-refractivity contribution in [2.24, 2.45) is 0 Å². The van der Waals surface area contributed by atoms with E-state index in [2.05, 4.69) is 62.5 Å². The third-order valence-corrected chi connectivity index (χ3v) is 14.7. The lowest BCUT2D eigenvalue weighted by atomic mass is 10.0. The predicted octanol–water partition coefficient (Wildman–Crippen LogP) is 18.9. The minimum Gasteiger partial charge on any atom is -0.456 e. The second-order valence-corrected chi connectivity index (χ2v) is 23.7.